The molecule has 1 saturated carbocycles. The molecule has 0 saturated heterocycles. The summed E-state index contributed by atoms with van der Waals surface area (Å²) in [5, 5.41) is 0.0160. The van der Waals surface area contributed by atoms with Gasteiger partial charge in [0, 0.05) is 11.6 Å². The molecular formula is C13H10ClFN2O. The summed E-state index contributed by atoms with van der Waals surface area (Å²) < 4.78 is 15.2. The van der Waals surface area contributed by atoms with Crippen LogP contribution >= 0.6 is 11.6 Å². The molecule has 1 aliphatic carbocycles. The maximum atomic E-state index is 13.3. The molecule has 3 rings (SSSR count). The zero-order valence-corrected chi connectivity index (χ0v) is 10.2. The molecule has 1 aliphatic rings. The third-order valence-corrected chi connectivity index (χ3v) is 3.33. The Kier molecular flexibility index (Phi) is 2.67. The minimum atomic E-state index is -0.583. The van der Waals surface area contributed by atoms with E-state index in [-0.39, 0.29) is 10.8 Å². The molecule has 0 atom stereocenters. The second kappa shape index (κ2) is 4.21. The van der Waals surface area contributed by atoms with Crippen LogP contribution in [0.5, 0.6) is 0 Å². The molecule has 0 aliphatic heterocycles. The van der Waals surface area contributed by atoms with Crippen LogP contribution in [-0.2, 0) is 0 Å². The smallest absolute Gasteiger partial charge is 0.211 e. The van der Waals surface area contributed by atoms with Gasteiger partial charge in [-0.15, -0.1) is 0 Å². The highest BCUT2D eigenvalue weighted by Crippen LogP contribution is 2.36. The number of nitrogens with zero attached hydrogens (tertiary/aromatic N) is 2. The summed E-state index contributed by atoms with van der Waals surface area (Å²) >= 11 is 5.60. The zero-order chi connectivity index (χ0) is 12.7. The lowest BCUT2D eigenvalue weighted by atomic mass is 10.1. The lowest BCUT2D eigenvalue weighted by Gasteiger charge is -2.06. The van der Waals surface area contributed by atoms with E-state index >= 15 is 0 Å². The number of hydrogen-bond acceptors (Lipinski definition) is 2. The van der Waals surface area contributed by atoms with Gasteiger partial charge >= 0.3 is 0 Å². The number of carbonyl (C=O) groups is 1. The predicted octanol–water partition coefficient (Wildman–Crippen LogP) is 3.24. The van der Waals surface area contributed by atoms with Crippen LogP contribution < -0.4 is 0 Å². The van der Waals surface area contributed by atoms with Crippen LogP contribution in [0.15, 0.2) is 30.7 Å². The molecule has 1 fully saturated rings. The van der Waals surface area contributed by atoms with Crippen molar-refractivity contribution in [3.8, 4) is 0 Å². The molecule has 1 aromatic carbocycles. The number of ketones is 1. The van der Waals surface area contributed by atoms with Gasteiger partial charge in [-0.2, -0.15) is 0 Å². The summed E-state index contributed by atoms with van der Waals surface area (Å²) in [5.41, 5.74) is 0.790. The second-order valence-electron chi connectivity index (χ2n) is 4.38. The number of rotatable bonds is 3. The fourth-order valence-corrected chi connectivity index (χ4v) is 2.03. The van der Waals surface area contributed by atoms with E-state index in [2.05, 4.69) is 4.98 Å². The summed E-state index contributed by atoms with van der Waals surface area (Å²) in [6.45, 7) is 0. The molecule has 0 bridgehead atoms. The minimum Gasteiger partial charge on any atom is -0.325 e. The van der Waals surface area contributed by atoms with Gasteiger partial charge in [0.1, 0.15) is 11.5 Å². The van der Waals surface area contributed by atoms with Gasteiger partial charge in [-0.05, 0) is 31.0 Å². The van der Waals surface area contributed by atoms with E-state index in [1.165, 1.54) is 18.3 Å². The second-order valence-corrected chi connectivity index (χ2v) is 4.78. The fraction of sp³-hybridized carbons (Fsp3) is 0.231. The Morgan fingerprint density at radius 2 is 2.22 bits per heavy atom. The van der Waals surface area contributed by atoms with E-state index in [1.54, 1.807) is 6.33 Å². The molecule has 18 heavy (non-hydrogen) atoms. The van der Waals surface area contributed by atoms with Crippen molar-refractivity contribution in [2.24, 2.45) is 0 Å². The quantitative estimate of drug-likeness (QED) is 0.798. The Morgan fingerprint density at radius 1 is 1.44 bits per heavy atom. The van der Waals surface area contributed by atoms with Crippen LogP contribution in [0.4, 0.5) is 4.39 Å². The molecule has 92 valence electrons. The first-order chi connectivity index (χ1) is 8.66. The Balaban J connectivity index is 1.98. The van der Waals surface area contributed by atoms with Crippen LogP contribution in [0.25, 0.3) is 0 Å². The van der Waals surface area contributed by atoms with Gasteiger partial charge in [0.2, 0.25) is 5.78 Å². The lowest BCUT2D eigenvalue weighted by Crippen LogP contribution is -2.09. The first-order valence-electron chi connectivity index (χ1n) is 5.68. The summed E-state index contributed by atoms with van der Waals surface area (Å²) in [5.74, 6) is -0.810. The molecule has 5 heteroatoms. The lowest BCUT2D eigenvalue weighted by molar-refractivity contribution is 0.102. The Hall–Kier alpha value is -1.68. The highest BCUT2D eigenvalue weighted by molar-refractivity contribution is 6.30. The SMILES string of the molecule is O=C(c1ccc(Cl)c(F)c1)c1cncn1C1CC1. The van der Waals surface area contributed by atoms with Crippen LogP contribution in [0.1, 0.15) is 34.9 Å². The first-order valence-corrected chi connectivity index (χ1v) is 6.06. The molecule has 0 unspecified atom stereocenters. The molecule has 0 radical (unpaired) electrons. The van der Waals surface area contributed by atoms with Crippen molar-refractivity contribution in [3.05, 3.63) is 52.8 Å². The number of halogens is 2. The topological polar surface area (TPSA) is 34.9 Å². The Labute approximate surface area is 108 Å². The van der Waals surface area contributed by atoms with Crippen molar-refractivity contribution in [3.63, 3.8) is 0 Å². The van der Waals surface area contributed by atoms with Crippen LogP contribution in [0.3, 0.4) is 0 Å². The molecule has 1 heterocycles. The van der Waals surface area contributed by atoms with Crippen LogP contribution in [0, 0.1) is 5.82 Å². The van der Waals surface area contributed by atoms with E-state index < -0.39 is 5.82 Å². The van der Waals surface area contributed by atoms with Crippen LogP contribution in [-0.4, -0.2) is 15.3 Å². The van der Waals surface area contributed by atoms with Gasteiger partial charge in [0.25, 0.3) is 0 Å². The number of aromatic nitrogens is 2. The highest BCUT2D eigenvalue weighted by Gasteiger charge is 2.27. The zero-order valence-electron chi connectivity index (χ0n) is 9.44. The van der Waals surface area contributed by atoms with Gasteiger partial charge in [-0.1, -0.05) is 11.6 Å². The summed E-state index contributed by atoms with van der Waals surface area (Å²) in [7, 11) is 0. The van der Waals surface area contributed by atoms with Crippen molar-refractivity contribution in [2.75, 3.05) is 0 Å². The third kappa shape index (κ3) is 1.93. The van der Waals surface area contributed by atoms with E-state index in [1.807, 2.05) is 4.57 Å². The molecule has 2 aromatic rings. The largest absolute Gasteiger partial charge is 0.325 e. The van der Waals surface area contributed by atoms with E-state index in [0.717, 1.165) is 18.9 Å². The van der Waals surface area contributed by atoms with Crippen molar-refractivity contribution in [2.45, 2.75) is 18.9 Å². The average molecular weight is 265 g/mol. The normalized spacial score (nSPS) is 14.8. The van der Waals surface area contributed by atoms with E-state index in [9.17, 15) is 9.18 Å². The van der Waals surface area contributed by atoms with Crippen molar-refractivity contribution < 1.29 is 9.18 Å². The van der Waals surface area contributed by atoms with E-state index in [4.69, 9.17) is 11.6 Å². The molecule has 1 aromatic heterocycles. The first kappa shape index (κ1) is 11.4. The molecule has 0 N–H and O–H groups in total. The summed E-state index contributed by atoms with van der Waals surface area (Å²) in [6, 6.07) is 4.44. The van der Waals surface area contributed by atoms with Gasteiger partial charge < -0.3 is 4.57 Å². The highest BCUT2D eigenvalue weighted by atomic mass is 35.5. The van der Waals surface area contributed by atoms with Gasteiger partial charge in [0.15, 0.2) is 0 Å². The number of benzene rings is 1. The third-order valence-electron chi connectivity index (χ3n) is 3.02. The maximum Gasteiger partial charge on any atom is 0.211 e. The number of hydrogen-bond donors (Lipinski definition) is 0. The van der Waals surface area contributed by atoms with Gasteiger partial charge in [0.05, 0.1) is 17.5 Å². The average Bonchev–Trinajstić information content (AvgIpc) is 3.09. The fourth-order valence-electron chi connectivity index (χ4n) is 1.91. The maximum absolute atomic E-state index is 13.3. The standard InChI is InChI=1S/C13H10ClFN2O/c14-10-4-1-8(5-11(10)15)13(18)12-6-16-7-17(12)9-2-3-9/h1,4-7,9H,2-3H2. The van der Waals surface area contributed by atoms with Crippen LogP contribution in [0.2, 0.25) is 5.02 Å². The molecule has 3 nitrogen and oxygen atoms in total. The van der Waals surface area contributed by atoms with Gasteiger partial charge in [-0.3, -0.25) is 4.79 Å². The predicted molar refractivity (Wildman–Crippen MR) is 65.3 cm³/mol. The summed E-state index contributed by atoms with van der Waals surface area (Å²) in [4.78, 5) is 16.2. The van der Waals surface area contributed by atoms with Gasteiger partial charge in [-0.25, -0.2) is 9.37 Å². The van der Waals surface area contributed by atoms with Crippen molar-refractivity contribution in [1.82, 2.24) is 9.55 Å². The summed E-state index contributed by atoms with van der Waals surface area (Å²) in [6.07, 6.45) is 5.29. The Morgan fingerprint density at radius 3 is 2.89 bits per heavy atom. The minimum absolute atomic E-state index is 0.0160. The molecule has 0 spiro atoms. The van der Waals surface area contributed by atoms with E-state index in [0.29, 0.717) is 17.3 Å². The molecular weight excluding hydrogens is 255 g/mol. The Bertz CT molecular complexity index is 619. The number of imidazole rings is 1. The molecule has 0 amide bonds. The number of carbonyl (C=O) groups excluding carboxylic acids is 1. The monoisotopic (exact) mass is 264 g/mol. The van der Waals surface area contributed by atoms with Crippen molar-refractivity contribution >= 4 is 17.4 Å². The van der Waals surface area contributed by atoms with Crippen molar-refractivity contribution in [1.29, 1.82) is 0 Å².